The van der Waals surface area contributed by atoms with Crippen LogP contribution in [0.15, 0.2) is 66.7 Å². The van der Waals surface area contributed by atoms with E-state index in [2.05, 4.69) is 0 Å². The second-order valence-corrected chi connectivity index (χ2v) is 6.88. The van der Waals surface area contributed by atoms with Crippen molar-refractivity contribution in [2.45, 2.75) is 18.9 Å². The van der Waals surface area contributed by atoms with Crippen molar-refractivity contribution >= 4 is 22.5 Å². The number of benzene rings is 3. The van der Waals surface area contributed by atoms with Crippen molar-refractivity contribution in [3.8, 4) is 0 Å². The van der Waals surface area contributed by atoms with Crippen LogP contribution in [0.25, 0.3) is 10.8 Å². The summed E-state index contributed by atoms with van der Waals surface area (Å²) in [5, 5.41) is 11.4. The molecule has 0 radical (unpaired) electrons. The third-order valence-electron chi connectivity index (χ3n) is 5.29. The van der Waals surface area contributed by atoms with E-state index in [0.717, 1.165) is 23.6 Å². The number of amides is 1. The van der Waals surface area contributed by atoms with E-state index in [-0.39, 0.29) is 24.3 Å². The molecule has 27 heavy (non-hydrogen) atoms. The summed E-state index contributed by atoms with van der Waals surface area (Å²) in [4.78, 5) is 28.1. The van der Waals surface area contributed by atoms with Crippen molar-refractivity contribution in [1.29, 1.82) is 0 Å². The number of hydrogen-bond donors (Lipinski definition) is 1. The molecule has 0 bridgehead atoms. The number of likely N-dealkylation sites (tertiary alicyclic amines) is 1. The molecule has 1 saturated heterocycles. The average molecular weight is 359 g/mol. The van der Waals surface area contributed by atoms with Crippen molar-refractivity contribution in [2.24, 2.45) is 0 Å². The molecule has 1 atom stereocenters. The number of hydrogen-bond acceptors (Lipinski definition) is 3. The largest absolute Gasteiger partial charge is 0.394 e. The minimum atomic E-state index is -0.185. The first-order valence-electron chi connectivity index (χ1n) is 9.24. The lowest BCUT2D eigenvalue weighted by atomic mass is 9.94. The number of fused-ring (bicyclic) bond motifs is 1. The maximum absolute atomic E-state index is 13.3. The first-order valence-corrected chi connectivity index (χ1v) is 9.24. The maximum Gasteiger partial charge on any atom is 0.254 e. The molecule has 3 aromatic carbocycles. The fourth-order valence-electron chi connectivity index (χ4n) is 3.88. The van der Waals surface area contributed by atoms with Crippen LogP contribution in [0, 0.1) is 0 Å². The molecular formula is C23H21NO3. The highest BCUT2D eigenvalue weighted by Gasteiger charge is 2.31. The molecule has 1 aliphatic heterocycles. The minimum Gasteiger partial charge on any atom is -0.394 e. The Kier molecular flexibility index (Phi) is 4.73. The van der Waals surface area contributed by atoms with E-state index >= 15 is 0 Å². The molecule has 1 N–H and O–H groups in total. The predicted molar refractivity (Wildman–Crippen MR) is 105 cm³/mol. The van der Waals surface area contributed by atoms with Gasteiger partial charge < -0.3 is 10.0 Å². The highest BCUT2D eigenvalue weighted by Crippen LogP contribution is 2.25. The molecule has 4 heteroatoms. The Morgan fingerprint density at radius 2 is 1.56 bits per heavy atom. The molecule has 1 fully saturated rings. The quantitative estimate of drug-likeness (QED) is 0.723. The predicted octanol–water partition coefficient (Wildman–Crippen LogP) is 3.67. The topological polar surface area (TPSA) is 57.6 Å². The Bertz CT molecular complexity index is 1010. The van der Waals surface area contributed by atoms with Crippen molar-refractivity contribution < 1.29 is 14.7 Å². The van der Waals surface area contributed by atoms with E-state index in [4.69, 9.17) is 0 Å². The highest BCUT2D eigenvalue weighted by atomic mass is 16.3. The van der Waals surface area contributed by atoms with E-state index < -0.39 is 0 Å². The van der Waals surface area contributed by atoms with Crippen LogP contribution in [0.3, 0.4) is 0 Å². The van der Waals surface area contributed by atoms with E-state index in [1.54, 1.807) is 35.2 Å². The molecule has 0 saturated carbocycles. The van der Waals surface area contributed by atoms with Crippen molar-refractivity contribution in [3.63, 3.8) is 0 Å². The Morgan fingerprint density at radius 1 is 0.889 bits per heavy atom. The Labute approximate surface area is 158 Å². The molecule has 0 unspecified atom stereocenters. The van der Waals surface area contributed by atoms with Crippen LogP contribution in [0.5, 0.6) is 0 Å². The lowest BCUT2D eigenvalue weighted by molar-refractivity contribution is 0.0674. The highest BCUT2D eigenvalue weighted by molar-refractivity contribution is 6.20. The molecule has 3 aromatic rings. The molecule has 0 spiro atoms. The number of aliphatic hydroxyl groups excluding tert-OH is 1. The summed E-state index contributed by atoms with van der Waals surface area (Å²) in [6.07, 6.45) is 1.66. The molecule has 0 aliphatic carbocycles. The fourth-order valence-corrected chi connectivity index (χ4v) is 3.88. The molecule has 136 valence electrons. The summed E-state index contributed by atoms with van der Waals surface area (Å²) in [6, 6.07) is 20.2. The summed E-state index contributed by atoms with van der Waals surface area (Å²) in [6.45, 7) is 0.562. The standard InChI is InChI=1S/C23H21NO3/c25-15-17-9-6-14-24(17)23(27)21-12-4-3-11-20(21)22(26)19-13-5-8-16-7-1-2-10-18(16)19/h1-5,7-8,10-13,17,25H,6,9,14-15H2/t17-/m0/s1. The zero-order valence-electron chi connectivity index (χ0n) is 15.0. The van der Waals surface area contributed by atoms with Crippen LogP contribution in [0.1, 0.15) is 39.1 Å². The zero-order chi connectivity index (χ0) is 18.8. The van der Waals surface area contributed by atoms with E-state index in [0.29, 0.717) is 23.2 Å². The van der Waals surface area contributed by atoms with Crippen LogP contribution < -0.4 is 0 Å². The summed E-state index contributed by atoms with van der Waals surface area (Å²) >= 11 is 0. The summed E-state index contributed by atoms with van der Waals surface area (Å²) in [5.41, 5.74) is 1.40. The second kappa shape index (κ2) is 7.33. The number of carbonyl (C=O) groups is 2. The molecule has 1 heterocycles. The number of carbonyl (C=O) groups excluding carboxylic acids is 2. The van der Waals surface area contributed by atoms with Crippen LogP contribution in [0.4, 0.5) is 0 Å². The first-order chi connectivity index (χ1) is 13.2. The van der Waals surface area contributed by atoms with Gasteiger partial charge in [0.1, 0.15) is 0 Å². The molecule has 4 rings (SSSR count). The van der Waals surface area contributed by atoms with E-state index in [1.165, 1.54) is 0 Å². The minimum absolute atomic E-state index is 0.0504. The smallest absolute Gasteiger partial charge is 0.254 e. The van der Waals surface area contributed by atoms with Crippen LogP contribution in [-0.2, 0) is 0 Å². The monoisotopic (exact) mass is 359 g/mol. The summed E-state index contributed by atoms with van der Waals surface area (Å²) in [5.74, 6) is -0.341. The average Bonchev–Trinajstić information content (AvgIpc) is 3.21. The molecule has 4 nitrogen and oxygen atoms in total. The van der Waals surface area contributed by atoms with Gasteiger partial charge >= 0.3 is 0 Å². The van der Waals surface area contributed by atoms with Gasteiger partial charge in [0.25, 0.3) is 5.91 Å². The third kappa shape index (κ3) is 3.13. The van der Waals surface area contributed by atoms with Gasteiger partial charge in [-0.05, 0) is 29.7 Å². The normalized spacial score (nSPS) is 16.6. The molecule has 0 aromatic heterocycles. The van der Waals surface area contributed by atoms with Crippen LogP contribution >= 0.6 is 0 Å². The first kappa shape index (κ1) is 17.4. The van der Waals surface area contributed by atoms with Gasteiger partial charge in [0, 0.05) is 17.7 Å². The van der Waals surface area contributed by atoms with Gasteiger partial charge in [-0.1, -0.05) is 60.7 Å². The van der Waals surface area contributed by atoms with E-state index in [1.807, 2.05) is 36.4 Å². The molecular weight excluding hydrogens is 338 g/mol. The Morgan fingerprint density at radius 3 is 2.37 bits per heavy atom. The Balaban J connectivity index is 1.77. The van der Waals surface area contributed by atoms with E-state index in [9.17, 15) is 14.7 Å². The van der Waals surface area contributed by atoms with Gasteiger partial charge in [-0.2, -0.15) is 0 Å². The SMILES string of the molecule is O=C(c1ccccc1C(=O)N1CCC[C@H]1CO)c1cccc2ccccc12. The van der Waals surface area contributed by atoms with Gasteiger partial charge in [0.2, 0.25) is 0 Å². The lowest BCUT2D eigenvalue weighted by Gasteiger charge is -2.24. The van der Waals surface area contributed by atoms with Crippen molar-refractivity contribution in [2.75, 3.05) is 13.2 Å². The van der Waals surface area contributed by atoms with Gasteiger partial charge in [-0.25, -0.2) is 0 Å². The van der Waals surface area contributed by atoms with Crippen LogP contribution in [0.2, 0.25) is 0 Å². The Hall–Kier alpha value is -2.98. The summed E-state index contributed by atoms with van der Waals surface area (Å²) < 4.78 is 0. The zero-order valence-corrected chi connectivity index (χ0v) is 15.0. The molecule has 1 amide bonds. The number of rotatable bonds is 4. The fraction of sp³-hybridized carbons (Fsp3) is 0.217. The maximum atomic E-state index is 13.3. The van der Waals surface area contributed by atoms with Gasteiger partial charge in [0.05, 0.1) is 18.2 Å². The van der Waals surface area contributed by atoms with Gasteiger partial charge in [0.15, 0.2) is 5.78 Å². The third-order valence-corrected chi connectivity index (χ3v) is 5.29. The van der Waals surface area contributed by atoms with Crippen molar-refractivity contribution in [1.82, 2.24) is 4.90 Å². The second-order valence-electron chi connectivity index (χ2n) is 6.88. The lowest BCUT2D eigenvalue weighted by Crippen LogP contribution is -2.38. The van der Waals surface area contributed by atoms with Crippen molar-refractivity contribution in [3.05, 3.63) is 83.4 Å². The summed E-state index contributed by atoms with van der Waals surface area (Å²) in [7, 11) is 0. The number of aliphatic hydroxyl groups is 1. The van der Waals surface area contributed by atoms with Gasteiger partial charge in [-0.3, -0.25) is 9.59 Å². The number of ketones is 1. The number of nitrogens with zero attached hydrogens (tertiary/aromatic N) is 1. The molecule has 1 aliphatic rings. The van der Waals surface area contributed by atoms with Gasteiger partial charge in [-0.15, -0.1) is 0 Å². The van der Waals surface area contributed by atoms with Crippen LogP contribution in [-0.4, -0.2) is 40.9 Å².